The molecule has 2 heterocycles. The second kappa shape index (κ2) is 6.87. The molecule has 1 unspecified atom stereocenters. The molecule has 0 aliphatic carbocycles. The smallest absolute Gasteiger partial charge is 0.217 e. The number of amides is 1. The standard InChI is InChI=1S/C16H20N4OS/c1-12(21)17-14-8-5-9-20(11-14)16-19-18-15(22-16)10-13-6-3-2-4-7-13/h2-4,6-7,14H,5,8-11H2,1H3,(H,17,21). The summed E-state index contributed by atoms with van der Waals surface area (Å²) < 4.78 is 0. The summed E-state index contributed by atoms with van der Waals surface area (Å²) in [5.74, 6) is 0.0360. The van der Waals surface area contributed by atoms with E-state index in [0.717, 1.165) is 42.5 Å². The largest absolute Gasteiger partial charge is 0.352 e. The summed E-state index contributed by atoms with van der Waals surface area (Å²) in [6.45, 7) is 3.37. The molecule has 0 saturated carbocycles. The molecule has 0 bridgehead atoms. The van der Waals surface area contributed by atoms with Crippen LogP contribution >= 0.6 is 11.3 Å². The average molecular weight is 316 g/mol. The van der Waals surface area contributed by atoms with Crippen molar-refractivity contribution < 1.29 is 4.79 Å². The first-order valence-corrected chi connectivity index (χ1v) is 8.41. The predicted octanol–water partition coefficient (Wildman–Crippen LogP) is 2.23. The monoisotopic (exact) mass is 316 g/mol. The molecular weight excluding hydrogens is 296 g/mol. The fourth-order valence-corrected chi connectivity index (χ4v) is 3.68. The second-order valence-electron chi connectivity index (χ2n) is 5.63. The Hall–Kier alpha value is -1.95. The van der Waals surface area contributed by atoms with Crippen LogP contribution in [-0.2, 0) is 11.2 Å². The number of nitrogens with zero attached hydrogens (tertiary/aromatic N) is 3. The summed E-state index contributed by atoms with van der Waals surface area (Å²) in [5, 5.41) is 13.6. The van der Waals surface area contributed by atoms with E-state index in [1.807, 2.05) is 18.2 Å². The molecule has 2 aromatic rings. The van der Waals surface area contributed by atoms with E-state index in [0.29, 0.717) is 0 Å². The number of anilines is 1. The lowest BCUT2D eigenvalue weighted by Crippen LogP contribution is -2.47. The van der Waals surface area contributed by atoms with Gasteiger partial charge in [0, 0.05) is 32.5 Å². The zero-order valence-corrected chi connectivity index (χ0v) is 13.5. The number of aromatic nitrogens is 2. The fraction of sp³-hybridized carbons (Fsp3) is 0.438. The first-order chi connectivity index (χ1) is 10.7. The van der Waals surface area contributed by atoms with Gasteiger partial charge in [0.1, 0.15) is 5.01 Å². The molecule has 1 aromatic heterocycles. The van der Waals surface area contributed by atoms with Crippen LogP contribution in [0.3, 0.4) is 0 Å². The lowest BCUT2D eigenvalue weighted by Gasteiger charge is -2.32. The normalized spacial score (nSPS) is 18.2. The van der Waals surface area contributed by atoms with Crippen molar-refractivity contribution in [2.75, 3.05) is 18.0 Å². The Bertz CT molecular complexity index is 628. The van der Waals surface area contributed by atoms with Gasteiger partial charge in [-0.3, -0.25) is 4.79 Å². The highest BCUT2D eigenvalue weighted by Crippen LogP contribution is 2.25. The van der Waals surface area contributed by atoms with Crippen molar-refractivity contribution in [3.8, 4) is 0 Å². The Morgan fingerprint density at radius 3 is 2.95 bits per heavy atom. The van der Waals surface area contributed by atoms with Gasteiger partial charge < -0.3 is 10.2 Å². The van der Waals surface area contributed by atoms with Crippen LogP contribution in [0.4, 0.5) is 5.13 Å². The minimum Gasteiger partial charge on any atom is -0.352 e. The van der Waals surface area contributed by atoms with Gasteiger partial charge in [-0.05, 0) is 18.4 Å². The van der Waals surface area contributed by atoms with Crippen molar-refractivity contribution in [1.29, 1.82) is 0 Å². The van der Waals surface area contributed by atoms with Gasteiger partial charge in [0.15, 0.2) is 0 Å². The van der Waals surface area contributed by atoms with Crippen LogP contribution in [0.2, 0.25) is 0 Å². The van der Waals surface area contributed by atoms with Gasteiger partial charge in [-0.2, -0.15) is 0 Å². The van der Waals surface area contributed by atoms with Gasteiger partial charge in [0.05, 0.1) is 0 Å². The topological polar surface area (TPSA) is 58.1 Å². The van der Waals surface area contributed by atoms with Crippen LogP contribution in [0.5, 0.6) is 0 Å². The van der Waals surface area contributed by atoms with Crippen molar-refractivity contribution in [2.45, 2.75) is 32.2 Å². The van der Waals surface area contributed by atoms with Crippen molar-refractivity contribution >= 4 is 22.4 Å². The van der Waals surface area contributed by atoms with Gasteiger partial charge >= 0.3 is 0 Å². The Morgan fingerprint density at radius 1 is 1.36 bits per heavy atom. The average Bonchev–Trinajstić information content (AvgIpc) is 2.96. The summed E-state index contributed by atoms with van der Waals surface area (Å²) >= 11 is 1.65. The highest BCUT2D eigenvalue weighted by Gasteiger charge is 2.23. The van der Waals surface area contributed by atoms with E-state index in [1.54, 1.807) is 18.3 Å². The number of piperidine rings is 1. The number of hydrogen-bond acceptors (Lipinski definition) is 5. The van der Waals surface area contributed by atoms with Crippen molar-refractivity contribution in [3.05, 3.63) is 40.9 Å². The summed E-state index contributed by atoms with van der Waals surface area (Å²) in [7, 11) is 0. The Balaban J connectivity index is 1.64. The number of carbonyl (C=O) groups excluding carboxylic acids is 1. The molecule has 1 fully saturated rings. The molecule has 1 amide bonds. The number of hydrogen-bond donors (Lipinski definition) is 1. The zero-order chi connectivity index (χ0) is 15.4. The molecule has 1 atom stereocenters. The Kier molecular flexibility index (Phi) is 4.68. The quantitative estimate of drug-likeness (QED) is 0.940. The van der Waals surface area contributed by atoms with Gasteiger partial charge in [-0.15, -0.1) is 10.2 Å². The highest BCUT2D eigenvalue weighted by atomic mass is 32.1. The van der Waals surface area contributed by atoms with E-state index in [4.69, 9.17) is 0 Å². The lowest BCUT2D eigenvalue weighted by molar-refractivity contribution is -0.119. The van der Waals surface area contributed by atoms with Crippen LogP contribution < -0.4 is 10.2 Å². The number of benzene rings is 1. The predicted molar refractivity (Wildman–Crippen MR) is 88.2 cm³/mol. The lowest BCUT2D eigenvalue weighted by atomic mass is 10.1. The molecule has 3 rings (SSSR count). The summed E-state index contributed by atoms with van der Waals surface area (Å²) in [6.07, 6.45) is 2.92. The minimum absolute atomic E-state index is 0.0360. The number of rotatable bonds is 4. The van der Waals surface area contributed by atoms with Gasteiger partial charge in [0.25, 0.3) is 0 Å². The van der Waals surface area contributed by atoms with E-state index in [2.05, 4.69) is 32.5 Å². The molecule has 116 valence electrons. The first-order valence-electron chi connectivity index (χ1n) is 7.59. The summed E-state index contributed by atoms with van der Waals surface area (Å²) in [5.41, 5.74) is 1.25. The molecule has 1 aromatic carbocycles. The summed E-state index contributed by atoms with van der Waals surface area (Å²) in [6, 6.07) is 10.5. The Morgan fingerprint density at radius 2 is 2.18 bits per heavy atom. The van der Waals surface area contributed by atoms with Gasteiger partial charge in [-0.1, -0.05) is 41.7 Å². The highest BCUT2D eigenvalue weighted by molar-refractivity contribution is 7.15. The number of nitrogens with one attached hydrogen (secondary N) is 1. The van der Waals surface area contributed by atoms with E-state index in [9.17, 15) is 4.79 Å². The third-order valence-electron chi connectivity index (χ3n) is 3.75. The van der Waals surface area contributed by atoms with Crippen LogP contribution in [0.1, 0.15) is 30.3 Å². The van der Waals surface area contributed by atoms with Crippen LogP contribution in [0.25, 0.3) is 0 Å². The Labute approximate surface area is 134 Å². The van der Waals surface area contributed by atoms with Crippen molar-refractivity contribution in [1.82, 2.24) is 15.5 Å². The molecular formula is C16H20N4OS. The van der Waals surface area contributed by atoms with E-state index in [-0.39, 0.29) is 11.9 Å². The third kappa shape index (κ3) is 3.82. The maximum absolute atomic E-state index is 11.2. The van der Waals surface area contributed by atoms with Gasteiger partial charge in [0.2, 0.25) is 11.0 Å². The van der Waals surface area contributed by atoms with E-state index < -0.39 is 0 Å². The second-order valence-corrected chi connectivity index (χ2v) is 6.67. The van der Waals surface area contributed by atoms with Crippen LogP contribution in [-0.4, -0.2) is 35.2 Å². The van der Waals surface area contributed by atoms with Crippen molar-refractivity contribution in [2.24, 2.45) is 0 Å². The molecule has 0 radical (unpaired) electrons. The summed E-state index contributed by atoms with van der Waals surface area (Å²) in [4.78, 5) is 13.4. The maximum atomic E-state index is 11.2. The first kappa shape index (κ1) is 15.0. The molecule has 22 heavy (non-hydrogen) atoms. The molecule has 5 nitrogen and oxygen atoms in total. The SMILES string of the molecule is CC(=O)NC1CCCN(c2nnc(Cc3ccccc3)s2)C1. The fourth-order valence-electron chi connectivity index (χ4n) is 2.77. The van der Waals surface area contributed by atoms with Crippen LogP contribution in [0, 0.1) is 0 Å². The van der Waals surface area contributed by atoms with Crippen LogP contribution in [0.15, 0.2) is 30.3 Å². The minimum atomic E-state index is 0.0360. The maximum Gasteiger partial charge on any atom is 0.217 e. The number of carbonyl (C=O) groups is 1. The molecule has 0 spiro atoms. The molecule has 1 aliphatic rings. The molecule has 1 aliphatic heterocycles. The van der Waals surface area contributed by atoms with E-state index in [1.165, 1.54) is 5.56 Å². The van der Waals surface area contributed by atoms with Crippen molar-refractivity contribution in [3.63, 3.8) is 0 Å². The molecule has 1 saturated heterocycles. The molecule has 6 heteroatoms. The zero-order valence-electron chi connectivity index (χ0n) is 12.7. The molecule has 1 N–H and O–H groups in total. The van der Waals surface area contributed by atoms with E-state index >= 15 is 0 Å². The van der Waals surface area contributed by atoms with Gasteiger partial charge in [-0.25, -0.2) is 0 Å². The third-order valence-corrected chi connectivity index (χ3v) is 4.74.